The monoisotopic (exact) mass is 440 g/mol. The summed E-state index contributed by atoms with van der Waals surface area (Å²) < 4.78 is 1.28. The van der Waals surface area contributed by atoms with Crippen molar-refractivity contribution in [3.63, 3.8) is 0 Å². The van der Waals surface area contributed by atoms with E-state index >= 15 is 0 Å². The minimum absolute atomic E-state index is 1.05. The number of nitrogens with zero attached hydrogens (tertiary/aromatic N) is 2. The van der Waals surface area contributed by atoms with Crippen LogP contribution in [-0.4, -0.2) is 9.97 Å². The van der Waals surface area contributed by atoms with Gasteiger partial charge in [0.2, 0.25) is 0 Å². The third-order valence-electron chi connectivity index (χ3n) is 6.72. The molecule has 2 nitrogen and oxygen atoms in total. The van der Waals surface area contributed by atoms with Crippen LogP contribution in [0.5, 0.6) is 0 Å². The molecule has 0 saturated heterocycles. The molecule has 1 aliphatic carbocycles. The van der Waals surface area contributed by atoms with Gasteiger partial charge in [-0.05, 0) is 75.7 Å². The fourth-order valence-corrected chi connectivity index (χ4v) is 6.57. The molecule has 3 aromatic carbocycles. The molecule has 0 saturated carbocycles. The third kappa shape index (κ3) is 2.93. The van der Waals surface area contributed by atoms with Crippen LogP contribution in [0, 0.1) is 0 Å². The molecule has 0 unspecified atom stereocenters. The Labute approximate surface area is 196 Å². The Morgan fingerprint density at radius 1 is 0.697 bits per heavy atom. The molecule has 0 bridgehead atoms. The van der Waals surface area contributed by atoms with Gasteiger partial charge in [-0.1, -0.05) is 54.6 Å². The van der Waals surface area contributed by atoms with Crippen molar-refractivity contribution in [1.82, 2.24) is 9.97 Å². The van der Waals surface area contributed by atoms with E-state index in [-0.39, 0.29) is 0 Å². The number of aromatic nitrogens is 2. The molecule has 0 aliphatic heterocycles. The lowest BCUT2D eigenvalue weighted by Gasteiger charge is -2.15. The molecule has 156 valence electrons. The van der Waals surface area contributed by atoms with E-state index in [9.17, 15) is 0 Å². The van der Waals surface area contributed by atoms with Gasteiger partial charge >= 0.3 is 0 Å². The maximum absolute atomic E-state index is 4.92. The second-order valence-electron chi connectivity index (χ2n) is 8.59. The maximum atomic E-state index is 4.92. The summed E-state index contributed by atoms with van der Waals surface area (Å²) in [5, 5.41) is 3.86. The van der Waals surface area contributed by atoms with E-state index in [1.807, 2.05) is 29.9 Å². The number of hydrogen-bond acceptors (Lipinski definition) is 3. The normalized spacial score (nSPS) is 12.6. The summed E-state index contributed by atoms with van der Waals surface area (Å²) in [5.41, 5.74) is 8.87. The van der Waals surface area contributed by atoms with Crippen molar-refractivity contribution in [2.75, 3.05) is 0 Å². The van der Waals surface area contributed by atoms with E-state index in [0.717, 1.165) is 18.5 Å². The smallest absolute Gasteiger partial charge is 0.0880 e. The SMILES string of the molecule is c1ccc(-c2cc(-c3nccc4c5c(sc34)-c3ccncc3CC5)cc3ccccc23)cc1. The predicted molar refractivity (Wildman–Crippen MR) is 139 cm³/mol. The van der Waals surface area contributed by atoms with Gasteiger partial charge in [0.15, 0.2) is 0 Å². The summed E-state index contributed by atoms with van der Waals surface area (Å²) in [6.45, 7) is 0. The van der Waals surface area contributed by atoms with Gasteiger partial charge in [0.1, 0.15) is 0 Å². The van der Waals surface area contributed by atoms with Gasteiger partial charge in [-0.25, -0.2) is 0 Å². The zero-order valence-corrected chi connectivity index (χ0v) is 18.8. The average molecular weight is 441 g/mol. The van der Waals surface area contributed by atoms with Crippen LogP contribution < -0.4 is 0 Å². The van der Waals surface area contributed by atoms with Gasteiger partial charge in [-0.2, -0.15) is 0 Å². The van der Waals surface area contributed by atoms with Crippen LogP contribution in [0.25, 0.3) is 53.7 Å². The molecule has 3 heterocycles. The number of fused-ring (bicyclic) bond motifs is 6. The van der Waals surface area contributed by atoms with E-state index < -0.39 is 0 Å². The molecule has 33 heavy (non-hydrogen) atoms. The Balaban J connectivity index is 1.50. The second-order valence-corrected chi connectivity index (χ2v) is 9.61. The number of hydrogen-bond donors (Lipinski definition) is 0. The van der Waals surface area contributed by atoms with Gasteiger partial charge in [-0.3, -0.25) is 9.97 Å². The highest BCUT2D eigenvalue weighted by molar-refractivity contribution is 7.23. The lowest BCUT2D eigenvalue weighted by atomic mass is 9.90. The number of thiophene rings is 1. The van der Waals surface area contributed by atoms with E-state index in [4.69, 9.17) is 4.98 Å². The average Bonchev–Trinajstić information content (AvgIpc) is 3.28. The largest absolute Gasteiger partial charge is 0.264 e. The third-order valence-corrected chi connectivity index (χ3v) is 8.01. The van der Waals surface area contributed by atoms with Crippen molar-refractivity contribution in [2.45, 2.75) is 12.8 Å². The highest BCUT2D eigenvalue weighted by Crippen LogP contribution is 2.46. The maximum Gasteiger partial charge on any atom is 0.0880 e. The number of pyridine rings is 2. The molecule has 0 N–H and O–H groups in total. The fraction of sp³-hybridized carbons (Fsp3) is 0.0667. The number of rotatable bonds is 2. The molecule has 3 heteroatoms. The van der Waals surface area contributed by atoms with Gasteiger partial charge < -0.3 is 0 Å². The lowest BCUT2D eigenvalue weighted by molar-refractivity contribution is 0.946. The first-order valence-electron chi connectivity index (χ1n) is 11.3. The van der Waals surface area contributed by atoms with Crippen LogP contribution >= 0.6 is 11.3 Å². The zero-order valence-electron chi connectivity index (χ0n) is 18.0. The molecule has 0 fully saturated rings. The highest BCUT2D eigenvalue weighted by Gasteiger charge is 2.23. The first kappa shape index (κ1) is 18.7. The van der Waals surface area contributed by atoms with Crippen molar-refractivity contribution in [3.05, 3.63) is 109 Å². The summed E-state index contributed by atoms with van der Waals surface area (Å²) in [4.78, 5) is 10.6. The Morgan fingerprint density at radius 2 is 1.58 bits per heavy atom. The zero-order chi connectivity index (χ0) is 21.8. The van der Waals surface area contributed by atoms with E-state index in [2.05, 4.69) is 83.8 Å². The van der Waals surface area contributed by atoms with Crippen LogP contribution in [0.2, 0.25) is 0 Å². The second kappa shape index (κ2) is 7.36. The molecule has 3 aromatic heterocycles. The topological polar surface area (TPSA) is 25.8 Å². The van der Waals surface area contributed by atoms with Crippen molar-refractivity contribution < 1.29 is 0 Å². The Bertz CT molecular complexity index is 1660. The van der Waals surface area contributed by atoms with Gasteiger partial charge in [0.25, 0.3) is 0 Å². The minimum Gasteiger partial charge on any atom is -0.264 e. The molecule has 0 atom stereocenters. The van der Waals surface area contributed by atoms with Gasteiger partial charge in [-0.15, -0.1) is 11.3 Å². The van der Waals surface area contributed by atoms with Crippen molar-refractivity contribution in [1.29, 1.82) is 0 Å². The number of benzene rings is 3. The molecule has 0 radical (unpaired) electrons. The van der Waals surface area contributed by atoms with Crippen LogP contribution in [0.15, 0.2) is 97.5 Å². The minimum atomic E-state index is 1.05. The molecule has 6 aromatic rings. The molecule has 0 amide bonds. The molecule has 1 aliphatic rings. The van der Waals surface area contributed by atoms with Crippen LogP contribution in [0.1, 0.15) is 11.1 Å². The van der Waals surface area contributed by atoms with Crippen molar-refractivity contribution >= 4 is 32.2 Å². The van der Waals surface area contributed by atoms with E-state index in [0.29, 0.717) is 0 Å². The molecule has 7 rings (SSSR count). The summed E-state index contributed by atoms with van der Waals surface area (Å²) in [7, 11) is 0. The molecular weight excluding hydrogens is 420 g/mol. The first-order valence-corrected chi connectivity index (χ1v) is 12.1. The Kier molecular flexibility index (Phi) is 4.18. The van der Waals surface area contributed by atoms with Crippen molar-refractivity contribution in [2.24, 2.45) is 0 Å². The van der Waals surface area contributed by atoms with Crippen LogP contribution in [0.3, 0.4) is 0 Å². The Morgan fingerprint density at radius 3 is 2.52 bits per heavy atom. The Hall–Kier alpha value is -3.82. The summed E-state index contributed by atoms with van der Waals surface area (Å²) in [6.07, 6.45) is 8.02. The summed E-state index contributed by atoms with van der Waals surface area (Å²) in [6, 6.07) is 28.3. The fourth-order valence-electron chi connectivity index (χ4n) is 5.16. The van der Waals surface area contributed by atoms with E-state index in [1.54, 1.807) is 0 Å². The lowest BCUT2D eigenvalue weighted by Crippen LogP contribution is -2.01. The highest BCUT2D eigenvalue weighted by atomic mass is 32.1. The van der Waals surface area contributed by atoms with Crippen LogP contribution in [0.4, 0.5) is 0 Å². The first-order chi connectivity index (χ1) is 16.4. The van der Waals surface area contributed by atoms with Gasteiger partial charge in [0, 0.05) is 34.4 Å². The van der Waals surface area contributed by atoms with Crippen LogP contribution in [-0.2, 0) is 12.8 Å². The molecule has 0 spiro atoms. The standard InChI is InChI=1S/C30H20N2S/c1-2-6-19(7-3-1)27-17-22(16-20-8-4-5-9-23(20)27)28-30-26(13-15-32-28)25-11-10-21-18-31-14-12-24(21)29(25)33-30/h1-9,12-18H,10-11H2. The quantitative estimate of drug-likeness (QED) is 0.273. The van der Waals surface area contributed by atoms with E-state index in [1.165, 1.54) is 59.1 Å². The summed E-state index contributed by atoms with van der Waals surface area (Å²) >= 11 is 1.88. The molecular formula is C30H20N2S. The van der Waals surface area contributed by atoms with Crippen molar-refractivity contribution in [3.8, 4) is 32.8 Å². The summed E-state index contributed by atoms with van der Waals surface area (Å²) in [5.74, 6) is 0. The predicted octanol–water partition coefficient (Wildman–Crippen LogP) is 7.94. The van der Waals surface area contributed by atoms with Gasteiger partial charge in [0.05, 0.1) is 10.4 Å². The number of aryl methyl sites for hydroxylation is 2.